The molecule has 1 saturated heterocycles. The zero-order valence-electron chi connectivity index (χ0n) is 23.2. The van der Waals surface area contributed by atoms with Crippen molar-refractivity contribution >= 4 is 32.8 Å². The Morgan fingerprint density at radius 1 is 1.12 bits per heavy atom. The minimum atomic E-state index is -2.88. The zero-order valence-corrected chi connectivity index (χ0v) is 24.8. The van der Waals surface area contributed by atoms with Crippen LogP contribution in [0.3, 0.4) is 0 Å². The van der Waals surface area contributed by atoms with Crippen molar-refractivity contribution in [3.63, 3.8) is 0 Å². The molecule has 3 heterocycles. The molecule has 6 rings (SSSR count). The molecule has 0 bridgehead atoms. The Hall–Kier alpha value is -3.49. The van der Waals surface area contributed by atoms with Crippen molar-refractivity contribution in [3.8, 4) is 27.1 Å². The van der Waals surface area contributed by atoms with Gasteiger partial charge in [-0.15, -0.1) is 11.3 Å². The van der Waals surface area contributed by atoms with Gasteiger partial charge >= 0.3 is 0 Å². The second kappa shape index (κ2) is 12.2. The lowest BCUT2D eigenvalue weighted by Gasteiger charge is -2.28. The molecule has 0 unspecified atom stereocenters. The van der Waals surface area contributed by atoms with E-state index in [1.54, 1.807) is 30.1 Å². The third-order valence-electron chi connectivity index (χ3n) is 8.02. The molecule has 1 amide bonds. The Morgan fingerprint density at radius 2 is 1.80 bits per heavy atom. The molecule has 2 aliphatic carbocycles. The maximum Gasteiger partial charge on any atom is 0.260 e. The molecule has 2 aromatic heterocycles. The Morgan fingerprint density at radius 3 is 2.44 bits per heavy atom. The van der Waals surface area contributed by atoms with Gasteiger partial charge in [-0.1, -0.05) is 31.4 Å². The first-order chi connectivity index (χ1) is 19.7. The summed E-state index contributed by atoms with van der Waals surface area (Å²) in [5.74, 6) is 0.705. The van der Waals surface area contributed by atoms with Crippen molar-refractivity contribution in [2.45, 2.75) is 50.5 Å². The summed E-state index contributed by atoms with van der Waals surface area (Å²) >= 11 is 1.49. The lowest BCUT2D eigenvalue weighted by atomic mass is 9.88. The molecule has 1 N–H and O–H groups in total. The average molecular weight is 596 g/mol. The minimum absolute atomic E-state index is 0. The van der Waals surface area contributed by atoms with Crippen LogP contribution in [0.25, 0.3) is 21.0 Å². The van der Waals surface area contributed by atoms with Gasteiger partial charge in [0.1, 0.15) is 10.5 Å². The summed E-state index contributed by atoms with van der Waals surface area (Å²) in [7, 11) is -1.15. The van der Waals surface area contributed by atoms with Crippen LogP contribution in [0, 0.1) is 17.2 Å². The number of nitriles is 1. The number of carbonyl (C=O) groups excluding carboxylic acids is 1. The van der Waals surface area contributed by atoms with E-state index in [0.717, 1.165) is 54.7 Å². The number of aromatic nitrogens is 2. The highest BCUT2D eigenvalue weighted by atomic mass is 32.2. The van der Waals surface area contributed by atoms with E-state index in [1.165, 1.54) is 17.8 Å². The van der Waals surface area contributed by atoms with Crippen molar-refractivity contribution in [1.82, 2.24) is 14.9 Å². The predicted octanol–water partition coefficient (Wildman–Crippen LogP) is 4.40. The molecule has 3 fully saturated rings. The van der Waals surface area contributed by atoms with Crippen molar-refractivity contribution in [2.24, 2.45) is 13.0 Å². The number of thiazole rings is 1. The summed E-state index contributed by atoms with van der Waals surface area (Å²) < 4.78 is 24.7. The van der Waals surface area contributed by atoms with Gasteiger partial charge in [0.2, 0.25) is 5.91 Å². The number of hydrogen-bond acceptors (Lipinski definition) is 8. The van der Waals surface area contributed by atoms with E-state index in [4.69, 9.17) is 5.26 Å². The van der Waals surface area contributed by atoms with E-state index in [-0.39, 0.29) is 30.3 Å². The number of carbonyl (C=O) groups is 1. The Labute approximate surface area is 246 Å². The van der Waals surface area contributed by atoms with E-state index in [9.17, 15) is 18.0 Å². The van der Waals surface area contributed by atoms with Gasteiger partial charge in [-0.25, -0.2) is 13.4 Å². The van der Waals surface area contributed by atoms with Crippen LogP contribution in [0.15, 0.2) is 53.6 Å². The molecule has 0 atom stereocenters. The number of nitrogens with zero attached hydrogens (tertiary/aromatic N) is 4. The topological polar surface area (TPSA) is 125 Å². The summed E-state index contributed by atoms with van der Waals surface area (Å²) in [6.07, 6.45) is 10.8. The van der Waals surface area contributed by atoms with E-state index < -0.39 is 15.4 Å². The number of sulfone groups is 1. The first-order valence-electron chi connectivity index (χ1n) is 14.1. The number of anilines is 1. The third kappa shape index (κ3) is 7.05. The van der Waals surface area contributed by atoms with Gasteiger partial charge in [0.25, 0.3) is 5.56 Å². The lowest BCUT2D eigenvalue weighted by molar-refractivity contribution is -0.126. The molecule has 1 aromatic carbocycles. The molecular weight excluding hydrogens is 558 g/mol. The van der Waals surface area contributed by atoms with Crippen molar-refractivity contribution in [3.05, 3.63) is 59.1 Å². The van der Waals surface area contributed by atoms with Gasteiger partial charge in [0.05, 0.1) is 28.0 Å². The fraction of sp³-hybridized carbons (Fsp3) is 0.467. The first-order valence-corrected chi connectivity index (χ1v) is 16.7. The van der Waals surface area contributed by atoms with E-state index in [0.29, 0.717) is 23.7 Å². The number of aryl methyl sites for hydroxylation is 1. The Bertz CT molecular complexity index is 1590. The van der Waals surface area contributed by atoms with Crippen LogP contribution < -0.4 is 15.8 Å². The van der Waals surface area contributed by atoms with E-state index >= 15 is 0 Å². The van der Waals surface area contributed by atoms with Crippen molar-refractivity contribution in [2.75, 3.05) is 29.5 Å². The fourth-order valence-corrected chi connectivity index (χ4v) is 7.33. The number of nitrogens with one attached hydrogen (secondary N) is 1. The van der Waals surface area contributed by atoms with Crippen molar-refractivity contribution in [1.29, 1.82) is 5.26 Å². The highest BCUT2D eigenvalue weighted by Crippen LogP contribution is 2.36. The molecule has 41 heavy (non-hydrogen) atoms. The van der Waals surface area contributed by atoms with Gasteiger partial charge < -0.3 is 14.8 Å². The normalized spacial score (nSPS) is 19.4. The van der Waals surface area contributed by atoms with Crippen LogP contribution >= 0.6 is 11.3 Å². The van der Waals surface area contributed by atoms with Crippen LogP contribution in [0.5, 0.6) is 0 Å². The molecule has 9 nitrogen and oxygen atoms in total. The van der Waals surface area contributed by atoms with Gasteiger partial charge in [-0.3, -0.25) is 9.59 Å². The molecule has 0 radical (unpaired) electrons. The third-order valence-corrected chi connectivity index (χ3v) is 10.7. The number of amides is 1. The maximum absolute atomic E-state index is 12.3. The quantitative estimate of drug-likeness (QED) is 0.464. The second-order valence-corrected chi connectivity index (χ2v) is 14.4. The summed E-state index contributed by atoms with van der Waals surface area (Å²) in [5, 5.41) is 12.4. The molecule has 218 valence electrons. The standard InChI is InChI=1S/C19H19N3O3S2.C11H16N2O.H2/c1-21-8-2-3-16(19(21)23)18-20-13-17(26-18)14-4-6-15(7-5-14)22-9-11-27(24,25)12-10-22;12-8-11(6-7-11)13-10(14)9-4-2-1-3-5-9;/h2-8,13H,9-12H2,1H3;9H,1-7H2,(H,13,14);1H. The van der Waals surface area contributed by atoms with E-state index in [1.807, 2.05) is 30.3 Å². The van der Waals surface area contributed by atoms with Gasteiger partial charge in [0.15, 0.2) is 9.84 Å². The molecule has 1 aliphatic heterocycles. The van der Waals surface area contributed by atoms with Crippen LogP contribution in [-0.2, 0) is 21.7 Å². The molecule has 3 aromatic rings. The molecule has 11 heteroatoms. The van der Waals surface area contributed by atoms with Gasteiger partial charge in [-0.05, 0) is 55.5 Å². The zero-order chi connectivity index (χ0) is 29.0. The van der Waals surface area contributed by atoms with Gasteiger partial charge in [-0.2, -0.15) is 5.26 Å². The molecule has 0 spiro atoms. The molecular formula is C30H37N5O4S2. The minimum Gasteiger partial charge on any atom is -0.369 e. The van der Waals surface area contributed by atoms with Gasteiger partial charge in [0, 0.05) is 45.6 Å². The molecule has 2 saturated carbocycles. The van der Waals surface area contributed by atoms with Crippen molar-refractivity contribution < 1.29 is 14.6 Å². The highest BCUT2D eigenvalue weighted by molar-refractivity contribution is 7.91. The number of pyridine rings is 1. The highest BCUT2D eigenvalue weighted by Gasteiger charge is 2.45. The largest absolute Gasteiger partial charge is 0.369 e. The van der Waals surface area contributed by atoms with Crippen LogP contribution in [0.1, 0.15) is 46.4 Å². The SMILES string of the molecule is Cn1cccc(-c2ncc(-c3ccc(N4CCS(=O)(=O)CC4)cc3)s2)c1=O.N#CC1(NC(=O)C2CCCCC2)CC1.[HH]. The average Bonchev–Trinajstić information content (AvgIpc) is 3.59. The van der Waals surface area contributed by atoms with Crippen LogP contribution in [0.4, 0.5) is 5.69 Å². The van der Waals surface area contributed by atoms with Crippen LogP contribution in [0.2, 0.25) is 0 Å². The smallest absolute Gasteiger partial charge is 0.260 e. The second-order valence-electron chi connectivity index (χ2n) is 11.1. The summed E-state index contributed by atoms with van der Waals surface area (Å²) in [6, 6.07) is 13.9. The summed E-state index contributed by atoms with van der Waals surface area (Å²) in [5.41, 5.74) is 2.11. The Balaban J connectivity index is 0.000000228. The molecule has 3 aliphatic rings. The number of benzene rings is 1. The Kier molecular flexibility index (Phi) is 8.61. The maximum atomic E-state index is 12.3. The summed E-state index contributed by atoms with van der Waals surface area (Å²) in [6.45, 7) is 1.06. The fourth-order valence-electron chi connectivity index (χ4n) is 5.19. The summed E-state index contributed by atoms with van der Waals surface area (Å²) in [4.78, 5) is 31.5. The van der Waals surface area contributed by atoms with Crippen LogP contribution in [-0.4, -0.2) is 54.0 Å². The number of rotatable bonds is 5. The first kappa shape index (κ1) is 29.0. The predicted molar refractivity (Wildman–Crippen MR) is 164 cm³/mol. The van der Waals surface area contributed by atoms with E-state index in [2.05, 4.69) is 21.3 Å². The lowest BCUT2D eigenvalue weighted by Crippen LogP contribution is -2.40. The number of hydrogen-bond donors (Lipinski definition) is 1. The monoisotopic (exact) mass is 595 g/mol.